The molecule has 2 heterocycles. The van der Waals surface area contributed by atoms with Crippen LogP contribution >= 0.6 is 11.3 Å². The first-order valence-corrected chi connectivity index (χ1v) is 10.7. The van der Waals surface area contributed by atoms with Crippen LogP contribution in [0.3, 0.4) is 0 Å². The minimum atomic E-state index is -0.179. The third-order valence-corrected chi connectivity index (χ3v) is 6.40. The van der Waals surface area contributed by atoms with Crippen molar-refractivity contribution in [2.45, 2.75) is 58.5 Å². The van der Waals surface area contributed by atoms with Crippen LogP contribution in [0.5, 0.6) is 0 Å². The van der Waals surface area contributed by atoms with Crippen molar-refractivity contribution < 1.29 is 9.59 Å². The maximum Gasteiger partial charge on any atom is 0.321 e. The number of aryl methyl sites for hydroxylation is 2. The third kappa shape index (κ3) is 4.19. The lowest BCUT2D eigenvalue weighted by molar-refractivity contribution is 0.0736. The molecule has 0 unspecified atom stereocenters. The van der Waals surface area contributed by atoms with Gasteiger partial charge in [-0.3, -0.25) is 10.1 Å². The second-order valence-corrected chi connectivity index (χ2v) is 8.91. The van der Waals surface area contributed by atoms with Crippen molar-refractivity contribution in [3.8, 4) is 0 Å². The van der Waals surface area contributed by atoms with Crippen LogP contribution in [0.4, 0.5) is 9.93 Å². The summed E-state index contributed by atoms with van der Waals surface area (Å²) < 4.78 is 0. The molecule has 148 valence electrons. The van der Waals surface area contributed by atoms with Gasteiger partial charge in [0.05, 0.1) is 12.2 Å². The van der Waals surface area contributed by atoms with Crippen LogP contribution in [0, 0.1) is 13.8 Å². The molecule has 0 saturated heterocycles. The Morgan fingerprint density at radius 3 is 2.57 bits per heavy atom. The molecule has 28 heavy (non-hydrogen) atoms. The Kier molecular flexibility index (Phi) is 5.35. The molecule has 1 aromatic carbocycles. The summed E-state index contributed by atoms with van der Waals surface area (Å²) >= 11 is 1.47. The molecular weight excluding hydrogens is 372 g/mol. The molecule has 1 aliphatic heterocycles. The number of hydrogen-bond donors (Lipinski definition) is 2. The molecule has 0 radical (unpaired) electrons. The Bertz CT molecular complexity index is 882. The van der Waals surface area contributed by atoms with Gasteiger partial charge in [-0.15, -0.1) is 0 Å². The first-order valence-electron chi connectivity index (χ1n) is 9.91. The zero-order chi connectivity index (χ0) is 19.7. The first-order chi connectivity index (χ1) is 13.5. The maximum atomic E-state index is 12.9. The SMILES string of the molecule is Cc1cc(C)cc(C(=O)N2CCc3nc(NC(=O)NC4CCCC4)sc3C2)c1. The van der Waals surface area contributed by atoms with Gasteiger partial charge < -0.3 is 10.2 Å². The Morgan fingerprint density at radius 1 is 1.14 bits per heavy atom. The van der Waals surface area contributed by atoms with Crippen LogP contribution < -0.4 is 10.6 Å². The number of hydrogen-bond acceptors (Lipinski definition) is 4. The number of amides is 3. The van der Waals surface area contributed by atoms with E-state index in [2.05, 4.69) is 21.7 Å². The van der Waals surface area contributed by atoms with Crippen molar-refractivity contribution in [1.82, 2.24) is 15.2 Å². The Morgan fingerprint density at radius 2 is 1.86 bits per heavy atom. The molecule has 1 saturated carbocycles. The Hall–Kier alpha value is -2.41. The number of thiazole rings is 1. The molecule has 7 heteroatoms. The van der Waals surface area contributed by atoms with Gasteiger partial charge in [-0.25, -0.2) is 9.78 Å². The van der Waals surface area contributed by atoms with Gasteiger partial charge in [-0.1, -0.05) is 41.4 Å². The Balaban J connectivity index is 1.41. The van der Waals surface area contributed by atoms with Crippen LogP contribution in [-0.2, 0) is 13.0 Å². The van der Waals surface area contributed by atoms with E-state index in [1.807, 2.05) is 30.9 Å². The molecule has 3 amide bonds. The van der Waals surface area contributed by atoms with Gasteiger partial charge in [0.1, 0.15) is 0 Å². The van der Waals surface area contributed by atoms with E-state index in [-0.39, 0.29) is 18.0 Å². The number of fused-ring (bicyclic) bond motifs is 1. The molecule has 1 aliphatic carbocycles. The topological polar surface area (TPSA) is 74.3 Å². The number of anilines is 1. The largest absolute Gasteiger partial charge is 0.335 e. The number of benzene rings is 1. The highest BCUT2D eigenvalue weighted by Crippen LogP contribution is 2.29. The lowest BCUT2D eigenvalue weighted by atomic mass is 10.1. The lowest BCUT2D eigenvalue weighted by Gasteiger charge is -2.26. The second kappa shape index (κ2) is 7.91. The number of nitrogens with one attached hydrogen (secondary N) is 2. The predicted molar refractivity (Wildman–Crippen MR) is 111 cm³/mol. The van der Waals surface area contributed by atoms with E-state index in [9.17, 15) is 9.59 Å². The zero-order valence-electron chi connectivity index (χ0n) is 16.4. The van der Waals surface area contributed by atoms with E-state index in [4.69, 9.17) is 0 Å². The standard InChI is InChI=1S/C21H26N4O2S/c1-13-9-14(2)11-15(10-13)19(26)25-8-7-17-18(12-25)28-21(23-17)24-20(27)22-16-5-3-4-6-16/h9-11,16H,3-8,12H2,1-2H3,(H2,22,23,24,27). The van der Waals surface area contributed by atoms with Gasteiger partial charge in [0, 0.05) is 29.4 Å². The van der Waals surface area contributed by atoms with E-state index >= 15 is 0 Å². The average Bonchev–Trinajstić information content (AvgIpc) is 3.28. The average molecular weight is 399 g/mol. The van der Waals surface area contributed by atoms with Crippen LogP contribution in [0.1, 0.15) is 57.7 Å². The second-order valence-electron chi connectivity index (χ2n) is 7.82. The molecule has 4 rings (SSSR count). The minimum absolute atomic E-state index is 0.0549. The zero-order valence-corrected chi connectivity index (χ0v) is 17.2. The summed E-state index contributed by atoms with van der Waals surface area (Å²) in [6.07, 6.45) is 5.19. The van der Waals surface area contributed by atoms with Crippen molar-refractivity contribution in [3.05, 3.63) is 45.5 Å². The van der Waals surface area contributed by atoms with Gasteiger partial charge in [0.15, 0.2) is 5.13 Å². The maximum absolute atomic E-state index is 12.9. The summed E-state index contributed by atoms with van der Waals surface area (Å²) in [6, 6.07) is 6.06. The van der Waals surface area contributed by atoms with Crippen molar-refractivity contribution in [2.75, 3.05) is 11.9 Å². The normalized spacial score (nSPS) is 16.7. The summed E-state index contributed by atoms with van der Waals surface area (Å²) in [6.45, 7) is 5.21. The quantitative estimate of drug-likeness (QED) is 0.820. The van der Waals surface area contributed by atoms with E-state index in [0.29, 0.717) is 24.6 Å². The van der Waals surface area contributed by atoms with E-state index in [1.165, 1.54) is 24.2 Å². The van der Waals surface area contributed by atoms with E-state index in [0.717, 1.165) is 40.1 Å². The number of urea groups is 1. The third-order valence-electron chi connectivity index (χ3n) is 5.40. The highest BCUT2D eigenvalue weighted by Gasteiger charge is 2.26. The van der Waals surface area contributed by atoms with Crippen LogP contribution in [0.25, 0.3) is 0 Å². The van der Waals surface area contributed by atoms with Gasteiger partial charge >= 0.3 is 6.03 Å². The summed E-state index contributed by atoms with van der Waals surface area (Å²) in [7, 11) is 0. The molecule has 2 N–H and O–H groups in total. The number of rotatable bonds is 3. The van der Waals surface area contributed by atoms with Crippen LogP contribution in [0.15, 0.2) is 18.2 Å². The van der Waals surface area contributed by atoms with Crippen molar-refractivity contribution in [2.24, 2.45) is 0 Å². The molecule has 1 fully saturated rings. The predicted octanol–water partition coefficient (Wildman–Crippen LogP) is 4.02. The van der Waals surface area contributed by atoms with E-state index < -0.39 is 0 Å². The number of nitrogens with zero attached hydrogens (tertiary/aromatic N) is 2. The van der Waals surface area contributed by atoms with Crippen molar-refractivity contribution in [1.29, 1.82) is 0 Å². The van der Waals surface area contributed by atoms with E-state index in [1.54, 1.807) is 0 Å². The van der Waals surface area contributed by atoms with Crippen LogP contribution in [0.2, 0.25) is 0 Å². The Labute approximate surface area is 169 Å². The molecule has 1 aromatic heterocycles. The van der Waals surface area contributed by atoms with Crippen molar-refractivity contribution in [3.63, 3.8) is 0 Å². The van der Waals surface area contributed by atoms with Gasteiger partial charge in [-0.2, -0.15) is 0 Å². The highest BCUT2D eigenvalue weighted by molar-refractivity contribution is 7.15. The molecule has 0 spiro atoms. The number of aromatic nitrogens is 1. The van der Waals surface area contributed by atoms with Gasteiger partial charge in [-0.05, 0) is 38.8 Å². The highest BCUT2D eigenvalue weighted by atomic mass is 32.1. The van der Waals surface area contributed by atoms with Crippen LogP contribution in [-0.4, -0.2) is 34.4 Å². The molecule has 2 aliphatic rings. The number of carbonyl (C=O) groups is 2. The summed E-state index contributed by atoms with van der Waals surface area (Å²) in [5, 5.41) is 6.50. The molecule has 0 atom stereocenters. The monoisotopic (exact) mass is 398 g/mol. The summed E-state index contributed by atoms with van der Waals surface area (Å²) in [5.74, 6) is 0.0549. The fourth-order valence-corrected chi connectivity index (χ4v) is 5.11. The molecule has 0 bridgehead atoms. The smallest absolute Gasteiger partial charge is 0.321 e. The molecule has 2 aromatic rings. The summed E-state index contributed by atoms with van der Waals surface area (Å²) in [5.41, 5.74) is 3.92. The van der Waals surface area contributed by atoms with Gasteiger partial charge in [0.25, 0.3) is 5.91 Å². The fraction of sp³-hybridized carbons (Fsp3) is 0.476. The lowest BCUT2D eigenvalue weighted by Crippen LogP contribution is -2.36. The summed E-state index contributed by atoms with van der Waals surface area (Å²) in [4.78, 5) is 32.6. The van der Waals surface area contributed by atoms with Crippen molar-refractivity contribution >= 4 is 28.4 Å². The molecule has 6 nitrogen and oxygen atoms in total. The molecular formula is C21H26N4O2S. The first kappa shape index (κ1) is 18.9. The number of carbonyl (C=O) groups excluding carboxylic acids is 2. The minimum Gasteiger partial charge on any atom is -0.335 e. The fourth-order valence-electron chi connectivity index (χ4n) is 4.09. The van der Waals surface area contributed by atoms with Gasteiger partial charge in [0.2, 0.25) is 0 Å².